The van der Waals surface area contributed by atoms with Gasteiger partial charge in [-0.3, -0.25) is 0 Å². The van der Waals surface area contributed by atoms with E-state index in [4.69, 9.17) is 22.5 Å². The van der Waals surface area contributed by atoms with Gasteiger partial charge >= 0.3 is 0 Å². The smallest absolute Gasteiger partial charge is 0.170 e. The molecule has 0 aliphatic carbocycles. The Bertz CT molecular complexity index is 663. The Balaban J connectivity index is 2.40. The average Bonchev–Trinajstić information content (AvgIpc) is 2.46. The summed E-state index contributed by atoms with van der Waals surface area (Å²) in [4.78, 5) is 6.15. The van der Waals surface area contributed by atoms with E-state index >= 15 is 0 Å². The summed E-state index contributed by atoms with van der Waals surface area (Å²) in [5.41, 5.74) is 7.07. The molecule has 1 aromatic carbocycles. The van der Waals surface area contributed by atoms with Gasteiger partial charge in [0.1, 0.15) is 5.82 Å². The maximum Gasteiger partial charge on any atom is 0.170 e. The third-order valence-electron chi connectivity index (χ3n) is 2.74. The fourth-order valence-corrected chi connectivity index (χ4v) is 2.61. The summed E-state index contributed by atoms with van der Waals surface area (Å²) in [6.45, 7) is 0. The molecule has 104 valence electrons. The Kier molecular flexibility index (Phi) is 4.46. The minimum Gasteiger partial charge on any atom is -0.409 e. The average molecular weight is 356 g/mol. The van der Waals surface area contributed by atoms with Crippen LogP contribution in [-0.2, 0) is 0 Å². The van der Waals surface area contributed by atoms with E-state index < -0.39 is 0 Å². The van der Waals surface area contributed by atoms with Crippen molar-refractivity contribution in [2.45, 2.75) is 0 Å². The van der Waals surface area contributed by atoms with Crippen LogP contribution in [-0.4, -0.2) is 23.1 Å². The topological polar surface area (TPSA) is 74.7 Å². The third kappa shape index (κ3) is 3.02. The molecule has 20 heavy (non-hydrogen) atoms. The molecule has 0 amide bonds. The van der Waals surface area contributed by atoms with E-state index in [1.165, 1.54) is 0 Å². The Morgan fingerprint density at radius 3 is 2.85 bits per heavy atom. The lowest BCUT2D eigenvalue weighted by Gasteiger charge is -2.20. The minimum atomic E-state index is 0.0587. The van der Waals surface area contributed by atoms with E-state index in [0.717, 1.165) is 10.2 Å². The summed E-state index contributed by atoms with van der Waals surface area (Å²) in [6, 6.07) is 9.06. The largest absolute Gasteiger partial charge is 0.409 e. The highest BCUT2D eigenvalue weighted by Crippen LogP contribution is 2.30. The lowest BCUT2D eigenvalue weighted by Crippen LogP contribution is -2.16. The molecule has 1 heterocycles. The number of hydrogen-bond donors (Lipinski definition) is 2. The zero-order chi connectivity index (χ0) is 14.7. The highest BCUT2D eigenvalue weighted by atomic mass is 79.9. The van der Waals surface area contributed by atoms with Crippen LogP contribution in [0.3, 0.4) is 0 Å². The number of rotatable bonds is 3. The summed E-state index contributed by atoms with van der Waals surface area (Å²) in [7, 11) is 1.87. The normalized spacial score (nSPS) is 11.4. The molecule has 0 aliphatic rings. The molecule has 0 fully saturated rings. The number of benzene rings is 1. The summed E-state index contributed by atoms with van der Waals surface area (Å²) in [6.07, 6.45) is 1.57. The molecule has 7 heteroatoms. The number of nitrogens with two attached hydrogens (primary N) is 1. The standard InChI is InChI=1S/C13H12BrClN4O/c1-19(13-11(14)6-9(15)7-17-13)10-4-2-3-8(5-10)12(16)18-20/h2-7,20H,1H3,(H2,16,18). The number of halogens is 2. The molecule has 2 aromatic rings. The molecule has 3 N–H and O–H groups in total. The first kappa shape index (κ1) is 14.6. The summed E-state index contributed by atoms with van der Waals surface area (Å²) in [5.74, 6) is 0.773. The molecular formula is C13H12BrClN4O. The van der Waals surface area contributed by atoms with Crippen LogP contribution in [0.5, 0.6) is 0 Å². The Morgan fingerprint density at radius 1 is 1.45 bits per heavy atom. The predicted octanol–water partition coefficient (Wildman–Crippen LogP) is 3.36. The van der Waals surface area contributed by atoms with E-state index in [1.807, 2.05) is 24.1 Å². The zero-order valence-electron chi connectivity index (χ0n) is 10.6. The van der Waals surface area contributed by atoms with Crippen molar-refractivity contribution in [1.29, 1.82) is 0 Å². The molecule has 5 nitrogen and oxygen atoms in total. The van der Waals surface area contributed by atoms with Crippen molar-refractivity contribution >= 4 is 44.9 Å². The number of hydrogen-bond acceptors (Lipinski definition) is 4. The van der Waals surface area contributed by atoms with E-state index in [1.54, 1.807) is 24.4 Å². The van der Waals surface area contributed by atoms with Crippen LogP contribution >= 0.6 is 27.5 Å². The van der Waals surface area contributed by atoms with Gasteiger partial charge < -0.3 is 15.8 Å². The molecule has 0 atom stereocenters. The van der Waals surface area contributed by atoms with Gasteiger partial charge in [-0.05, 0) is 34.1 Å². The molecule has 0 spiro atoms. The first-order valence-electron chi connectivity index (χ1n) is 5.65. The summed E-state index contributed by atoms with van der Waals surface area (Å²) < 4.78 is 0.779. The van der Waals surface area contributed by atoms with E-state index in [9.17, 15) is 0 Å². The van der Waals surface area contributed by atoms with Gasteiger partial charge in [0.15, 0.2) is 5.84 Å². The number of nitrogens with zero attached hydrogens (tertiary/aromatic N) is 3. The number of amidine groups is 1. The molecule has 0 saturated heterocycles. The second-order valence-corrected chi connectivity index (χ2v) is 5.34. The Hall–Kier alpha value is -1.79. The van der Waals surface area contributed by atoms with Crippen molar-refractivity contribution in [3.63, 3.8) is 0 Å². The maximum atomic E-state index is 8.72. The van der Waals surface area contributed by atoms with Crippen molar-refractivity contribution in [2.24, 2.45) is 10.9 Å². The highest BCUT2D eigenvalue weighted by Gasteiger charge is 2.11. The quantitative estimate of drug-likeness (QED) is 0.383. The molecular weight excluding hydrogens is 344 g/mol. The molecule has 0 unspecified atom stereocenters. The first-order chi connectivity index (χ1) is 9.52. The summed E-state index contributed by atoms with van der Waals surface area (Å²) in [5, 5.41) is 12.3. The van der Waals surface area contributed by atoms with E-state index in [2.05, 4.69) is 26.1 Å². The minimum absolute atomic E-state index is 0.0587. The van der Waals surface area contributed by atoms with Gasteiger partial charge in [0, 0.05) is 24.5 Å². The SMILES string of the molecule is CN(c1cccc(/C(N)=N/O)c1)c1ncc(Cl)cc1Br. The van der Waals surface area contributed by atoms with Crippen LogP contribution in [0.1, 0.15) is 5.56 Å². The number of anilines is 2. The second kappa shape index (κ2) is 6.11. The third-order valence-corrected chi connectivity index (χ3v) is 3.53. The van der Waals surface area contributed by atoms with E-state index in [-0.39, 0.29) is 5.84 Å². The van der Waals surface area contributed by atoms with Crippen molar-refractivity contribution in [3.05, 3.63) is 51.6 Å². The lowest BCUT2D eigenvalue weighted by molar-refractivity contribution is 0.318. The van der Waals surface area contributed by atoms with Crippen LogP contribution in [0.15, 0.2) is 46.2 Å². The van der Waals surface area contributed by atoms with Crippen LogP contribution in [0.25, 0.3) is 0 Å². The molecule has 0 radical (unpaired) electrons. The van der Waals surface area contributed by atoms with Crippen molar-refractivity contribution < 1.29 is 5.21 Å². The predicted molar refractivity (Wildman–Crippen MR) is 84.0 cm³/mol. The van der Waals surface area contributed by atoms with Gasteiger partial charge in [0.05, 0.1) is 9.50 Å². The van der Waals surface area contributed by atoms with Crippen LogP contribution < -0.4 is 10.6 Å². The Morgan fingerprint density at radius 2 is 2.20 bits per heavy atom. The Labute approximate surface area is 129 Å². The van der Waals surface area contributed by atoms with Gasteiger partial charge in [-0.15, -0.1) is 0 Å². The molecule has 1 aromatic heterocycles. The number of pyridine rings is 1. The van der Waals surface area contributed by atoms with Crippen LogP contribution in [0.4, 0.5) is 11.5 Å². The maximum absolute atomic E-state index is 8.72. The van der Waals surface area contributed by atoms with Crippen LogP contribution in [0.2, 0.25) is 5.02 Å². The van der Waals surface area contributed by atoms with Gasteiger partial charge in [-0.25, -0.2) is 4.98 Å². The van der Waals surface area contributed by atoms with Crippen molar-refractivity contribution in [1.82, 2.24) is 4.98 Å². The highest BCUT2D eigenvalue weighted by molar-refractivity contribution is 9.10. The van der Waals surface area contributed by atoms with Gasteiger partial charge in [0.25, 0.3) is 0 Å². The second-order valence-electron chi connectivity index (χ2n) is 4.05. The lowest BCUT2D eigenvalue weighted by atomic mass is 10.2. The van der Waals surface area contributed by atoms with Gasteiger partial charge in [0.2, 0.25) is 0 Å². The number of aromatic nitrogens is 1. The fourth-order valence-electron chi connectivity index (χ4n) is 1.71. The monoisotopic (exact) mass is 354 g/mol. The van der Waals surface area contributed by atoms with Gasteiger partial charge in [-0.1, -0.05) is 28.9 Å². The van der Waals surface area contributed by atoms with Crippen LogP contribution in [0, 0.1) is 0 Å². The fraction of sp³-hybridized carbons (Fsp3) is 0.0769. The van der Waals surface area contributed by atoms with Crippen molar-refractivity contribution in [2.75, 3.05) is 11.9 Å². The summed E-state index contributed by atoms with van der Waals surface area (Å²) >= 11 is 9.31. The van der Waals surface area contributed by atoms with E-state index in [0.29, 0.717) is 16.4 Å². The molecule has 0 saturated carbocycles. The molecule has 2 rings (SSSR count). The van der Waals surface area contributed by atoms with Gasteiger partial charge in [-0.2, -0.15) is 0 Å². The van der Waals surface area contributed by atoms with Crippen molar-refractivity contribution in [3.8, 4) is 0 Å². The molecule has 0 bridgehead atoms. The number of oxime groups is 1. The first-order valence-corrected chi connectivity index (χ1v) is 6.82. The molecule has 0 aliphatic heterocycles. The zero-order valence-corrected chi connectivity index (χ0v) is 12.9.